The molecule has 0 fully saturated rings. The highest BCUT2D eigenvalue weighted by atomic mass is 32.2. The Hall–Kier alpha value is -0.230. The van der Waals surface area contributed by atoms with Gasteiger partial charge in [0.05, 0.1) is 6.67 Å². The maximum atomic E-state index is 12.9. The van der Waals surface area contributed by atoms with Crippen molar-refractivity contribution in [2.45, 2.75) is 51.1 Å². The molecule has 0 aliphatic carbocycles. The number of halogens is 2. The van der Waals surface area contributed by atoms with Crippen molar-refractivity contribution in [1.29, 1.82) is 0 Å². The minimum absolute atomic E-state index is 0.156. The molecule has 98 valence electrons. The molecule has 0 rings (SSSR count). The fourth-order valence-corrected chi connectivity index (χ4v) is 2.10. The maximum Gasteiger partial charge on any atom is 0.267 e. The van der Waals surface area contributed by atoms with Gasteiger partial charge in [-0.05, 0) is 12.8 Å². The van der Waals surface area contributed by atoms with E-state index in [-0.39, 0.29) is 13.1 Å². The first-order valence-corrected chi connectivity index (χ1v) is 7.22. The molecule has 0 radical (unpaired) electrons. The summed E-state index contributed by atoms with van der Waals surface area (Å²) in [5.74, 6) is -0.811. The zero-order valence-electron chi connectivity index (χ0n) is 9.37. The van der Waals surface area contributed by atoms with Crippen LogP contribution in [0.3, 0.4) is 0 Å². The quantitative estimate of drug-likeness (QED) is 0.484. The number of rotatable bonds is 10. The lowest BCUT2D eigenvalue weighted by molar-refractivity contribution is 0.323. The van der Waals surface area contributed by atoms with E-state index in [1.165, 1.54) is 0 Å². The van der Waals surface area contributed by atoms with Crippen molar-refractivity contribution in [1.82, 2.24) is 0 Å². The van der Waals surface area contributed by atoms with Crippen molar-refractivity contribution < 1.29 is 21.8 Å². The average Bonchev–Trinajstić information content (AvgIpc) is 2.13. The van der Waals surface area contributed by atoms with Crippen LogP contribution < -0.4 is 0 Å². The van der Waals surface area contributed by atoms with Crippen LogP contribution in [0.1, 0.15) is 44.9 Å². The Labute approximate surface area is 96.0 Å². The van der Waals surface area contributed by atoms with E-state index in [2.05, 4.69) is 0 Å². The van der Waals surface area contributed by atoms with Gasteiger partial charge in [-0.25, -0.2) is 4.39 Å². The Bertz CT molecular complexity index is 255. The Morgan fingerprint density at radius 2 is 1.50 bits per heavy atom. The first kappa shape index (κ1) is 15.8. The monoisotopic (exact) mass is 258 g/mol. The number of alkyl halides is 2. The molecule has 16 heavy (non-hydrogen) atoms. The smallest absolute Gasteiger partial charge is 0.267 e. The van der Waals surface area contributed by atoms with Gasteiger partial charge in [0.15, 0.2) is 0 Å². The van der Waals surface area contributed by atoms with Crippen LogP contribution >= 0.6 is 0 Å². The third-order valence-corrected chi connectivity index (χ3v) is 3.08. The number of hydrogen-bond donors (Lipinski definition) is 1. The molecular formula is C10H20F2O3S. The Morgan fingerprint density at radius 3 is 2.00 bits per heavy atom. The van der Waals surface area contributed by atoms with Gasteiger partial charge in [-0.2, -0.15) is 8.42 Å². The van der Waals surface area contributed by atoms with Crippen molar-refractivity contribution >= 4 is 10.1 Å². The normalized spacial score (nSPS) is 13.9. The van der Waals surface area contributed by atoms with Crippen LogP contribution in [0.4, 0.5) is 8.78 Å². The molecular weight excluding hydrogens is 238 g/mol. The van der Waals surface area contributed by atoms with Crippen molar-refractivity contribution in [3.05, 3.63) is 0 Å². The van der Waals surface area contributed by atoms with E-state index < -0.39 is 22.0 Å². The van der Waals surface area contributed by atoms with Gasteiger partial charge in [-0.1, -0.05) is 32.1 Å². The molecule has 0 heterocycles. The molecule has 0 aromatic heterocycles. The molecule has 1 atom stereocenters. The van der Waals surface area contributed by atoms with E-state index in [0.29, 0.717) is 12.8 Å². The van der Waals surface area contributed by atoms with E-state index in [0.717, 1.165) is 25.7 Å². The van der Waals surface area contributed by atoms with Gasteiger partial charge in [-0.3, -0.25) is 8.94 Å². The topological polar surface area (TPSA) is 54.4 Å². The third-order valence-electron chi connectivity index (χ3n) is 2.29. The largest absolute Gasteiger partial charge is 0.285 e. The van der Waals surface area contributed by atoms with Crippen LogP contribution in [0.15, 0.2) is 0 Å². The van der Waals surface area contributed by atoms with E-state index >= 15 is 0 Å². The third kappa shape index (κ3) is 11.8. The van der Waals surface area contributed by atoms with Crippen LogP contribution in [0.5, 0.6) is 0 Å². The molecule has 6 heteroatoms. The van der Waals surface area contributed by atoms with E-state index in [1.54, 1.807) is 0 Å². The van der Waals surface area contributed by atoms with Gasteiger partial charge in [0.1, 0.15) is 11.9 Å². The molecule has 0 aromatic rings. The van der Waals surface area contributed by atoms with E-state index in [4.69, 9.17) is 4.55 Å². The predicted octanol–water partition coefficient (Wildman–Crippen LogP) is 2.91. The molecule has 0 saturated carbocycles. The van der Waals surface area contributed by atoms with Crippen LogP contribution in [-0.4, -0.2) is 31.6 Å². The van der Waals surface area contributed by atoms with Crippen LogP contribution in [0.25, 0.3) is 0 Å². The lowest BCUT2D eigenvalue weighted by Crippen LogP contribution is -2.16. The molecule has 0 aromatic carbocycles. The Kier molecular flexibility index (Phi) is 8.74. The highest BCUT2D eigenvalue weighted by molar-refractivity contribution is 7.85. The molecule has 0 amide bonds. The minimum Gasteiger partial charge on any atom is -0.285 e. The first-order valence-electron chi connectivity index (χ1n) is 5.61. The SMILES string of the molecule is O=S(=O)(O)CC(F)CCCCCCCCF. The van der Waals surface area contributed by atoms with Gasteiger partial charge in [-0.15, -0.1) is 0 Å². The maximum absolute atomic E-state index is 12.9. The molecule has 1 N–H and O–H groups in total. The van der Waals surface area contributed by atoms with E-state index in [9.17, 15) is 17.2 Å². The summed E-state index contributed by atoms with van der Waals surface area (Å²) in [5.41, 5.74) is 0. The van der Waals surface area contributed by atoms with Gasteiger partial charge in [0.2, 0.25) is 0 Å². The molecule has 0 bridgehead atoms. The molecule has 1 unspecified atom stereocenters. The molecule has 0 aliphatic heterocycles. The lowest BCUT2D eigenvalue weighted by atomic mass is 10.1. The van der Waals surface area contributed by atoms with Crippen LogP contribution in [-0.2, 0) is 10.1 Å². The van der Waals surface area contributed by atoms with Gasteiger partial charge in [0, 0.05) is 0 Å². The summed E-state index contributed by atoms with van der Waals surface area (Å²) < 4.78 is 53.7. The summed E-state index contributed by atoms with van der Waals surface area (Å²) in [6.07, 6.45) is 3.36. The highest BCUT2D eigenvalue weighted by Crippen LogP contribution is 2.11. The van der Waals surface area contributed by atoms with Crippen LogP contribution in [0, 0.1) is 0 Å². The molecule has 0 spiro atoms. The number of hydrogen-bond acceptors (Lipinski definition) is 2. The van der Waals surface area contributed by atoms with Crippen molar-refractivity contribution in [2.75, 3.05) is 12.4 Å². The zero-order chi connectivity index (χ0) is 12.4. The summed E-state index contributed by atoms with van der Waals surface area (Å²) in [6, 6.07) is 0. The zero-order valence-corrected chi connectivity index (χ0v) is 10.2. The minimum atomic E-state index is -4.19. The fraction of sp³-hybridized carbons (Fsp3) is 1.00. The Morgan fingerprint density at radius 1 is 1.00 bits per heavy atom. The molecule has 0 saturated heterocycles. The summed E-state index contributed by atoms with van der Waals surface area (Å²) in [4.78, 5) is 0. The summed E-state index contributed by atoms with van der Waals surface area (Å²) in [6.45, 7) is -0.291. The lowest BCUT2D eigenvalue weighted by Gasteiger charge is -2.05. The summed E-state index contributed by atoms with van der Waals surface area (Å²) in [5, 5.41) is 0. The second kappa shape index (κ2) is 8.87. The summed E-state index contributed by atoms with van der Waals surface area (Å²) >= 11 is 0. The first-order chi connectivity index (χ1) is 7.45. The van der Waals surface area contributed by atoms with Crippen molar-refractivity contribution in [2.24, 2.45) is 0 Å². The predicted molar refractivity (Wildman–Crippen MR) is 59.6 cm³/mol. The highest BCUT2D eigenvalue weighted by Gasteiger charge is 2.14. The van der Waals surface area contributed by atoms with Crippen LogP contribution in [0.2, 0.25) is 0 Å². The fourth-order valence-electron chi connectivity index (χ4n) is 1.48. The second-order valence-corrected chi connectivity index (χ2v) is 5.44. The van der Waals surface area contributed by atoms with Gasteiger partial charge < -0.3 is 0 Å². The summed E-state index contributed by atoms with van der Waals surface area (Å²) in [7, 11) is -4.19. The van der Waals surface area contributed by atoms with Gasteiger partial charge >= 0.3 is 0 Å². The second-order valence-electron chi connectivity index (χ2n) is 3.94. The number of unbranched alkanes of at least 4 members (excludes halogenated alkanes) is 5. The standard InChI is InChI=1S/C10H20F2O3S/c11-8-6-4-2-1-3-5-7-10(12)9-16(13,14)15/h10H,1-9H2,(H,13,14,15). The van der Waals surface area contributed by atoms with Crippen molar-refractivity contribution in [3.8, 4) is 0 Å². The van der Waals surface area contributed by atoms with Gasteiger partial charge in [0.25, 0.3) is 10.1 Å². The van der Waals surface area contributed by atoms with E-state index in [1.807, 2.05) is 0 Å². The molecule has 0 aliphatic rings. The average molecular weight is 258 g/mol. The molecule has 3 nitrogen and oxygen atoms in total. The Balaban J connectivity index is 3.31. The van der Waals surface area contributed by atoms with Crippen molar-refractivity contribution in [3.63, 3.8) is 0 Å².